The molecular formula is C16H14N2O. The topological polar surface area (TPSA) is 34.9 Å². The predicted octanol–water partition coefficient (Wildman–Crippen LogP) is 3.54. The van der Waals surface area contributed by atoms with Crippen molar-refractivity contribution >= 4 is 17.2 Å². The molecule has 2 aromatic heterocycles. The van der Waals surface area contributed by atoms with E-state index in [9.17, 15) is 4.79 Å². The zero-order chi connectivity index (χ0) is 13.2. The van der Waals surface area contributed by atoms with E-state index in [1.807, 2.05) is 24.3 Å². The van der Waals surface area contributed by atoms with Crippen LogP contribution in [0.3, 0.4) is 0 Å². The number of aryl methyl sites for hydroxylation is 1. The maximum Gasteiger partial charge on any atom is 0.169 e. The summed E-state index contributed by atoms with van der Waals surface area (Å²) in [5.41, 5.74) is 3.59. The molecule has 19 heavy (non-hydrogen) atoms. The van der Waals surface area contributed by atoms with Gasteiger partial charge in [-0.05, 0) is 31.2 Å². The molecule has 0 aliphatic heterocycles. The Hall–Kier alpha value is -2.42. The highest BCUT2D eigenvalue weighted by molar-refractivity contribution is 5.91. The summed E-state index contributed by atoms with van der Waals surface area (Å²) in [7, 11) is 0. The molecule has 3 rings (SSSR count). The van der Waals surface area contributed by atoms with Crippen molar-refractivity contribution in [2.45, 2.75) is 13.5 Å². The van der Waals surface area contributed by atoms with Crippen LogP contribution in [0.1, 0.15) is 17.4 Å². The number of aldehydes is 1. The van der Waals surface area contributed by atoms with E-state index in [1.165, 1.54) is 10.9 Å². The fourth-order valence-electron chi connectivity index (χ4n) is 2.50. The lowest BCUT2D eigenvalue weighted by Crippen LogP contribution is -1.99. The lowest BCUT2D eigenvalue weighted by molar-refractivity contribution is 0.111. The maximum absolute atomic E-state index is 11.1. The van der Waals surface area contributed by atoms with Gasteiger partial charge in [0.2, 0.25) is 0 Å². The van der Waals surface area contributed by atoms with Gasteiger partial charge in [-0.25, -0.2) is 0 Å². The maximum atomic E-state index is 11.1. The number of aromatic nitrogens is 2. The van der Waals surface area contributed by atoms with E-state index in [-0.39, 0.29) is 0 Å². The number of hydrogen-bond acceptors (Lipinski definition) is 2. The molecule has 0 spiro atoms. The van der Waals surface area contributed by atoms with Crippen molar-refractivity contribution in [3.63, 3.8) is 0 Å². The van der Waals surface area contributed by atoms with Crippen LogP contribution >= 0.6 is 0 Å². The Balaban J connectivity index is 2.33. The summed E-state index contributed by atoms with van der Waals surface area (Å²) in [6, 6.07) is 14.2. The van der Waals surface area contributed by atoms with Gasteiger partial charge in [-0.3, -0.25) is 9.78 Å². The SMILES string of the molecule is CCn1c(-c2cccnc2C=O)cc2ccccc21. The molecule has 0 atom stereocenters. The lowest BCUT2D eigenvalue weighted by Gasteiger charge is -2.09. The molecule has 0 fully saturated rings. The van der Waals surface area contributed by atoms with Crippen LogP contribution in [0.5, 0.6) is 0 Å². The molecule has 0 bridgehead atoms. The van der Waals surface area contributed by atoms with Crippen LogP contribution in [0.25, 0.3) is 22.2 Å². The predicted molar refractivity (Wildman–Crippen MR) is 76.2 cm³/mol. The first-order valence-corrected chi connectivity index (χ1v) is 6.34. The van der Waals surface area contributed by atoms with Crippen molar-refractivity contribution in [1.29, 1.82) is 0 Å². The fourth-order valence-corrected chi connectivity index (χ4v) is 2.50. The van der Waals surface area contributed by atoms with Crippen LogP contribution < -0.4 is 0 Å². The second kappa shape index (κ2) is 4.69. The molecular weight excluding hydrogens is 236 g/mol. The van der Waals surface area contributed by atoms with Gasteiger partial charge in [0.05, 0.1) is 5.69 Å². The van der Waals surface area contributed by atoms with Crippen LogP contribution in [0.4, 0.5) is 0 Å². The molecule has 3 nitrogen and oxygen atoms in total. The number of carbonyl (C=O) groups excluding carboxylic acids is 1. The highest BCUT2D eigenvalue weighted by atomic mass is 16.1. The van der Waals surface area contributed by atoms with E-state index in [2.05, 4.69) is 34.7 Å². The molecule has 0 amide bonds. The number of benzene rings is 1. The minimum Gasteiger partial charge on any atom is -0.341 e. The Kier molecular flexibility index (Phi) is 2.88. The minimum atomic E-state index is 0.486. The van der Waals surface area contributed by atoms with Gasteiger partial charge in [0, 0.05) is 29.2 Å². The third kappa shape index (κ3) is 1.83. The fraction of sp³-hybridized carbons (Fsp3) is 0.125. The summed E-state index contributed by atoms with van der Waals surface area (Å²) in [4.78, 5) is 15.3. The van der Waals surface area contributed by atoms with Gasteiger partial charge in [-0.2, -0.15) is 0 Å². The smallest absolute Gasteiger partial charge is 0.169 e. The van der Waals surface area contributed by atoms with E-state index in [1.54, 1.807) is 6.20 Å². The molecule has 0 aliphatic carbocycles. The average molecular weight is 250 g/mol. The van der Waals surface area contributed by atoms with Crippen molar-refractivity contribution in [3.05, 3.63) is 54.4 Å². The Morgan fingerprint density at radius 1 is 1.21 bits per heavy atom. The lowest BCUT2D eigenvalue weighted by atomic mass is 10.1. The van der Waals surface area contributed by atoms with Crippen molar-refractivity contribution in [2.24, 2.45) is 0 Å². The van der Waals surface area contributed by atoms with E-state index in [0.29, 0.717) is 5.69 Å². The van der Waals surface area contributed by atoms with Gasteiger partial charge >= 0.3 is 0 Å². The van der Waals surface area contributed by atoms with Crippen molar-refractivity contribution in [2.75, 3.05) is 0 Å². The second-order valence-electron chi connectivity index (χ2n) is 4.39. The zero-order valence-electron chi connectivity index (χ0n) is 10.7. The Labute approximate surface area is 111 Å². The molecule has 0 N–H and O–H groups in total. The normalized spacial score (nSPS) is 10.8. The molecule has 2 heterocycles. The molecule has 1 aromatic carbocycles. The number of fused-ring (bicyclic) bond motifs is 1. The second-order valence-corrected chi connectivity index (χ2v) is 4.39. The Morgan fingerprint density at radius 3 is 2.84 bits per heavy atom. The van der Waals surface area contributed by atoms with Crippen LogP contribution in [-0.2, 0) is 6.54 Å². The van der Waals surface area contributed by atoms with Crippen LogP contribution in [-0.4, -0.2) is 15.8 Å². The number of carbonyl (C=O) groups is 1. The highest BCUT2D eigenvalue weighted by Crippen LogP contribution is 2.29. The van der Waals surface area contributed by atoms with E-state index in [0.717, 1.165) is 24.1 Å². The number of hydrogen-bond donors (Lipinski definition) is 0. The third-order valence-electron chi connectivity index (χ3n) is 3.35. The molecule has 3 heteroatoms. The molecule has 0 saturated carbocycles. The Bertz CT molecular complexity index is 743. The first-order valence-electron chi connectivity index (χ1n) is 6.34. The summed E-state index contributed by atoms with van der Waals surface area (Å²) in [5.74, 6) is 0. The molecule has 0 aliphatic rings. The molecule has 3 aromatic rings. The quantitative estimate of drug-likeness (QED) is 0.666. The first kappa shape index (κ1) is 11.7. The average Bonchev–Trinajstić information content (AvgIpc) is 2.85. The van der Waals surface area contributed by atoms with E-state index in [4.69, 9.17) is 0 Å². The van der Waals surface area contributed by atoms with Gasteiger partial charge in [-0.15, -0.1) is 0 Å². The number of para-hydroxylation sites is 1. The van der Waals surface area contributed by atoms with Crippen LogP contribution in [0.15, 0.2) is 48.7 Å². The minimum absolute atomic E-state index is 0.486. The molecule has 0 radical (unpaired) electrons. The van der Waals surface area contributed by atoms with Gasteiger partial charge < -0.3 is 4.57 Å². The van der Waals surface area contributed by atoms with Crippen molar-refractivity contribution in [1.82, 2.24) is 9.55 Å². The number of nitrogens with zero attached hydrogens (tertiary/aromatic N) is 2. The Morgan fingerprint density at radius 2 is 2.05 bits per heavy atom. The van der Waals surface area contributed by atoms with Crippen molar-refractivity contribution in [3.8, 4) is 11.3 Å². The zero-order valence-corrected chi connectivity index (χ0v) is 10.7. The standard InChI is InChI=1S/C16H14N2O/c1-2-18-15-8-4-3-6-12(15)10-16(18)13-7-5-9-17-14(13)11-19/h3-11H,2H2,1H3. The van der Waals surface area contributed by atoms with Crippen LogP contribution in [0, 0.1) is 0 Å². The molecule has 0 unspecified atom stereocenters. The van der Waals surface area contributed by atoms with Gasteiger partial charge in [0.1, 0.15) is 5.69 Å². The van der Waals surface area contributed by atoms with Gasteiger partial charge in [-0.1, -0.05) is 18.2 Å². The van der Waals surface area contributed by atoms with Crippen LogP contribution in [0.2, 0.25) is 0 Å². The highest BCUT2D eigenvalue weighted by Gasteiger charge is 2.12. The molecule has 94 valence electrons. The first-order chi connectivity index (χ1) is 9.35. The van der Waals surface area contributed by atoms with Gasteiger partial charge in [0.15, 0.2) is 6.29 Å². The third-order valence-corrected chi connectivity index (χ3v) is 3.35. The molecule has 0 saturated heterocycles. The van der Waals surface area contributed by atoms with E-state index >= 15 is 0 Å². The van der Waals surface area contributed by atoms with Gasteiger partial charge in [0.25, 0.3) is 0 Å². The van der Waals surface area contributed by atoms with Crippen molar-refractivity contribution < 1.29 is 4.79 Å². The van der Waals surface area contributed by atoms with E-state index < -0.39 is 0 Å². The largest absolute Gasteiger partial charge is 0.341 e. The number of rotatable bonds is 3. The summed E-state index contributed by atoms with van der Waals surface area (Å²) < 4.78 is 2.21. The summed E-state index contributed by atoms with van der Waals surface area (Å²) in [5, 5.41) is 1.18. The summed E-state index contributed by atoms with van der Waals surface area (Å²) in [6.45, 7) is 2.96. The summed E-state index contributed by atoms with van der Waals surface area (Å²) in [6.07, 6.45) is 2.46. The monoisotopic (exact) mass is 250 g/mol. The summed E-state index contributed by atoms with van der Waals surface area (Å²) >= 11 is 0. The number of pyridine rings is 1.